The number of aromatic nitrogens is 2. The molecule has 0 spiro atoms. The third-order valence-corrected chi connectivity index (χ3v) is 8.38. The van der Waals surface area contributed by atoms with Crippen molar-refractivity contribution in [1.82, 2.24) is 25.1 Å². The largest absolute Gasteiger partial charge is 0.490 e. The summed E-state index contributed by atoms with van der Waals surface area (Å²) in [4.78, 5) is 56.5. The molecule has 0 radical (unpaired) electrons. The van der Waals surface area contributed by atoms with Crippen LogP contribution in [-0.4, -0.2) is 101 Å². The van der Waals surface area contributed by atoms with Crippen LogP contribution in [0.4, 0.5) is 15.5 Å². The molecule has 13 heteroatoms. The third kappa shape index (κ3) is 9.43. The molecule has 0 bridgehead atoms. The quantitative estimate of drug-likeness (QED) is 0.241. The van der Waals surface area contributed by atoms with Gasteiger partial charge in [0, 0.05) is 45.1 Å². The van der Waals surface area contributed by atoms with Crippen molar-refractivity contribution >= 4 is 29.8 Å². The predicted octanol–water partition coefficient (Wildman–Crippen LogP) is 3.58. The van der Waals surface area contributed by atoms with Gasteiger partial charge < -0.3 is 35.2 Å². The van der Waals surface area contributed by atoms with E-state index in [1.807, 2.05) is 44.4 Å². The van der Waals surface area contributed by atoms with Gasteiger partial charge in [-0.2, -0.15) is 4.99 Å². The molecule has 2 atom stereocenters. The maximum Gasteiger partial charge on any atom is 0.408 e. The van der Waals surface area contributed by atoms with E-state index in [4.69, 9.17) is 15.2 Å². The smallest absolute Gasteiger partial charge is 0.408 e. The van der Waals surface area contributed by atoms with Gasteiger partial charge in [0.2, 0.25) is 11.9 Å². The molecule has 0 aromatic carbocycles. The Hall–Kier alpha value is -3.64. The highest BCUT2D eigenvalue weighted by Crippen LogP contribution is 2.26. The van der Waals surface area contributed by atoms with Crippen molar-refractivity contribution in [3.8, 4) is 5.75 Å². The van der Waals surface area contributed by atoms with E-state index in [1.165, 1.54) is 0 Å². The second-order valence-electron chi connectivity index (χ2n) is 13.4. The molecule has 3 aliphatic rings. The summed E-state index contributed by atoms with van der Waals surface area (Å²) in [6, 6.07) is -0.728. The van der Waals surface area contributed by atoms with Crippen LogP contribution in [0, 0.1) is 11.8 Å². The van der Waals surface area contributed by atoms with Gasteiger partial charge >= 0.3 is 12.1 Å². The van der Waals surface area contributed by atoms with Gasteiger partial charge in [-0.05, 0) is 65.2 Å². The molecule has 1 aromatic heterocycles. The summed E-state index contributed by atoms with van der Waals surface area (Å²) >= 11 is 0. The molecule has 3 saturated heterocycles. The van der Waals surface area contributed by atoms with E-state index in [9.17, 15) is 14.4 Å². The highest BCUT2D eigenvalue weighted by molar-refractivity contribution is 5.93. The Morgan fingerprint density at radius 3 is 2.45 bits per heavy atom. The van der Waals surface area contributed by atoms with Crippen LogP contribution in [0.1, 0.15) is 79.6 Å². The molecule has 0 saturated carbocycles. The van der Waals surface area contributed by atoms with Crippen LogP contribution in [-0.2, 0) is 9.53 Å². The van der Waals surface area contributed by atoms with E-state index in [-0.39, 0.29) is 29.9 Å². The van der Waals surface area contributed by atoms with E-state index < -0.39 is 11.7 Å². The zero-order chi connectivity index (χ0) is 31.9. The van der Waals surface area contributed by atoms with Gasteiger partial charge in [0.15, 0.2) is 5.75 Å². The van der Waals surface area contributed by atoms with Crippen molar-refractivity contribution in [2.24, 2.45) is 22.6 Å². The summed E-state index contributed by atoms with van der Waals surface area (Å²) in [5.41, 5.74) is 5.23. The molecule has 4 rings (SSSR count). The first kappa shape index (κ1) is 33.3. The Morgan fingerprint density at radius 1 is 1.11 bits per heavy atom. The molecule has 3 N–H and O–H groups in total. The van der Waals surface area contributed by atoms with E-state index in [1.54, 1.807) is 17.3 Å². The highest BCUT2D eigenvalue weighted by Gasteiger charge is 2.41. The number of hydrogen-bond donors (Lipinski definition) is 2. The lowest BCUT2D eigenvalue weighted by Crippen LogP contribution is -2.54. The minimum Gasteiger partial charge on any atom is -0.490 e. The van der Waals surface area contributed by atoms with Crippen molar-refractivity contribution in [3.05, 3.63) is 12.4 Å². The van der Waals surface area contributed by atoms with E-state index in [0.29, 0.717) is 69.2 Å². The third-order valence-electron chi connectivity index (χ3n) is 8.38. The summed E-state index contributed by atoms with van der Waals surface area (Å²) in [6.45, 7) is 12.9. The molecular weight excluding hydrogens is 564 g/mol. The van der Waals surface area contributed by atoms with Crippen LogP contribution in [0.15, 0.2) is 17.4 Å². The average Bonchev–Trinajstić information content (AvgIpc) is 3.38. The summed E-state index contributed by atoms with van der Waals surface area (Å²) < 4.78 is 11.4. The number of aliphatic imine (C=N–C) groups is 1. The van der Waals surface area contributed by atoms with Gasteiger partial charge in [0.25, 0.3) is 0 Å². The molecule has 3 aliphatic heterocycles. The minimum atomic E-state index is -0.617. The Balaban J connectivity index is 1.24. The topological polar surface area (TPSA) is 156 Å². The summed E-state index contributed by atoms with van der Waals surface area (Å²) in [5.74, 6) is 2.22. The predicted molar refractivity (Wildman–Crippen MR) is 168 cm³/mol. The maximum absolute atomic E-state index is 12.7. The van der Waals surface area contributed by atoms with E-state index in [0.717, 1.165) is 38.5 Å². The number of amides is 4. The number of carbonyl (C=O) groups is 3. The zero-order valence-corrected chi connectivity index (χ0v) is 27.0. The first-order valence-electron chi connectivity index (χ1n) is 16.0. The van der Waals surface area contributed by atoms with Crippen molar-refractivity contribution < 1.29 is 23.9 Å². The van der Waals surface area contributed by atoms with Gasteiger partial charge in [-0.15, -0.1) is 0 Å². The summed E-state index contributed by atoms with van der Waals surface area (Å²) in [6.07, 6.45) is 9.04. The Kier molecular flexibility index (Phi) is 11.3. The highest BCUT2D eigenvalue weighted by atomic mass is 16.6. The van der Waals surface area contributed by atoms with Crippen molar-refractivity contribution in [2.75, 3.05) is 44.2 Å². The Bertz CT molecular complexity index is 1160. The average molecular weight is 615 g/mol. The number of rotatable bonds is 9. The van der Waals surface area contributed by atoms with Crippen LogP contribution < -0.4 is 20.7 Å². The number of hydrogen-bond acceptors (Lipinski definition) is 8. The molecule has 2 unspecified atom stereocenters. The summed E-state index contributed by atoms with van der Waals surface area (Å²) in [5, 5.41) is 2.99. The number of carbonyl (C=O) groups excluding carboxylic acids is 3. The Labute approximate surface area is 260 Å². The SMILES string of the molecule is CC(C)C(N)=NC(=O)N1CCC(CCCOc2cnc(N3CC(NC(=O)OC(C)(C)C)C(N4CCCCC4=O)C3)nc2)CC1. The van der Waals surface area contributed by atoms with Crippen LogP contribution in [0.5, 0.6) is 5.75 Å². The van der Waals surface area contributed by atoms with Gasteiger partial charge in [0.05, 0.1) is 31.1 Å². The van der Waals surface area contributed by atoms with E-state index in [2.05, 4.69) is 20.3 Å². The van der Waals surface area contributed by atoms with E-state index >= 15 is 0 Å². The molecule has 44 heavy (non-hydrogen) atoms. The molecule has 13 nitrogen and oxygen atoms in total. The van der Waals surface area contributed by atoms with Crippen LogP contribution in [0.25, 0.3) is 0 Å². The van der Waals surface area contributed by atoms with Crippen LogP contribution >= 0.6 is 0 Å². The van der Waals surface area contributed by atoms with Gasteiger partial charge in [-0.3, -0.25) is 4.79 Å². The number of nitrogens with zero attached hydrogens (tertiary/aromatic N) is 6. The first-order chi connectivity index (χ1) is 20.9. The lowest BCUT2D eigenvalue weighted by atomic mass is 9.92. The second kappa shape index (κ2) is 14.9. The summed E-state index contributed by atoms with van der Waals surface area (Å²) in [7, 11) is 0. The monoisotopic (exact) mass is 614 g/mol. The number of anilines is 1. The van der Waals surface area contributed by atoms with Gasteiger partial charge in [-0.1, -0.05) is 13.8 Å². The lowest BCUT2D eigenvalue weighted by molar-refractivity contribution is -0.135. The second-order valence-corrected chi connectivity index (χ2v) is 13.4. The number of nitrogens with one attached hydrogen (secondary N) is 1. The number of urea groups is 1. The standard InChI is InChI=1S/C31H50N8O5/c1-21(2)27(32)36-29(41)37-14-11-22(12-15-37)9-8-16-43-23-17-33-28(34-18-23)38-19-24(35-30(42)44-31(3,4)5)25(20-38)39-13-7-6-10-26(39)40/h17-18,21-22,24-25H,6-16,19-20H2,1-5H3,(H,35,42)(H2,32,36,41). The molecule has 1 aromatic rings. The number of alkyl carbamates (subject to hydrolysis) is 1. The normalized spacial score (nSPS) is 22.0. The van der Waals surface area contributed by atoms with Crippen LogP contribution in [0.2, 0.25) is 0 Å². The minimum absolute atomic E-state index is 0.0579. The number of piperidine rings is 2. The number of ether oxygens (including phenoxy) is 2. The molecule has 4 heterocycles. The fourth-order valence-corrected chi connectivity index (χ4v) is 5.88. The number of amidine groups is 1. The number of nitrogens with two attached hydrogens (primary N) is 1. The maximum atomic E-state index is 12.7. The van der Waals surface area contributed by atoms with Gasteiger partial charge in [0.1, 0.15) is 11.4 Å². The van der Waals surface area contributed by atoms with Crippen molar-refractivity contribution in [1.29, 1.82) is 0 Å². The Morgan fingerprint density at radius 2 is 1.82 bits per heavy atom. The molecule has 244 valence electrons. The van der Waals surface area contributed by atoms with Crippen molar-refractivity contribution in [2.45, 2.75) is 97.2 Å². The first-order valence-corrected chi connectivity index (χ1v) is 16.0. The molecule has 4 amide bonds. The lowest BCUT2D eigenvalue weighted by Gasteiger charge is -2.35. The van der Waals surface area contributed by atoms with Crippen molar-refractivity contribution in [3.63, 3.8) is 0 Å². The fourth-order valence-electron chi connectivity index (χ4n) is 5.88. The molecular formula is C31H50N8O5. The van der Waals surface area contributed by atoms with Crippen LogP contribution in [0.3, 0.4) is 0 Å². The zero-order valence-electron chi connectivity index (χ0n) is 27.0. The number of likely N-dealkylation sites (tertiary alicyclic amines) is 2. The van der Waals surface area contributed by atoms with Gasteiger partial charge in [-0.25, -0.2) is 19.6 Å². The fraction of sp³-hybridized carbons (Fsp3) is 0.742. The molecule has 3 fully saturated rings. The molecule has 0 aliphatic carbocycles.